The van der Waals surface area contributed by atoms with Crippen LogP contribution in [-0.4, -0.2) is 74.0 Å². The first-order chi connectivity index (χ1) is 17.9. The van der Waals surface area contributed by atoms with Gasteiger partial charge in [-0.2, -0.15) is 4.31 Å². The molecule has 1 aliphatic rings. The molecule has 0 aliphatic carbocycles. The van der Waals surface area contributed by atoms with Gasteiger partial charge >= 0.3 is 0 Å². The van der Waals surface area contributed by atoms with Crippen molar-refractivity contribution in [2.24, 2.45) is 0 Å². The molecule has 200 valence electrons. The molecule has 0 spiro atoms. The van der Waals surface area contributed by atoms with Gasteiger partial charge in [-0.05, 0) is 68.6 Å². The number of benzene rings is 2. The van der Waals surface area contributed by atoms with Gasteiger partial charge in [0, 0.05) is 36.6 Å². The van der Waals surface area contributed by atoms with Gasteiger partial charge < -0.3 is 4.90 Å². The fourth-order valence-corrected chi connectivity index (χ4v) is 7.78. The van der Waals surface area contributed by atoms with Gasteiger partial charge in [-0.15, -0.1) is 11.8 Å². The monoisotopic (exact) mass is 560 g/mol. The van der Waals surface area contributed by atoms with Gasteiger partial charge in [0.05, 0.1) is 15.1 Å². The molecule has 0 atom stereocenters. The van der Waals surface area contributed by atoms with Crippen LogP contribution in [0.5, 0.6) is 0 Å². The first kappa shape index (κ1) is 28.0. The van der Waals surface area contributed by atoms with Crippen LogP contribution in [0.25, 0.3) is 10.2 Å². The second kappa shape index (κ2) is 12.7. The number of nitrogens with zero attached hydrogens (tertiary/aromatic N) is 4. The Morgan fingerprint density at radius 2 is 1.68 bits per heavy atom. The van der Waals surface area contributed by atoms with Crippen molar-refractivity contribution in [2.75, 3.05) is 50.4 Å². The molecule has 37 heavy (non-hydrogen) atoms. The third-order valence-corrected chi connectivity index (χ3v) is 10.6. The molecular formula is C27H36N4O3S3. The Morgan fingerprint density at radius 3 is 2.30 bits per heavy atom. The van der Waals surface area contributed by atoms with Crippen molar-refractivity contribution in [1.29, 1.82) is 0 Å². The third-order valence-electron chi connectivity index (χ3n) is 6.90. The first-order valence-electron chi connectivity index (χ1n) is 13.0. The number of carbonyl (C=O) groups excluding carboxylic acids is 1. The van der Waals surface area contributed by atoms with Gasteiger partial charge in [-0.25, -0.2) is 13.4 Å². The molecule has 1 saturated heterocycles. The number of rotatable bonds is 10. The summed E-state index contributed by atoms with van der Waals surface area (Å²) in [5.41, 5.74) is 1.37. The Bertz CT molecular complexity index is 1300. The van der Waals surface area contributed by atoms with Crippen molar-refractivity contribution in [3.63, 3.8) is 0 Å². The number of hydrogen-bond acceptors (Lipinski definition) is 7. The van der Waals surface area contributed by atoms with Crippen molar-refractivity contribution in [2.45, 2.75) is 49.3 Å². The number of likely N-dealkylation sites (N-methyl/N-ethyl adjacent to an activating group) is 1. The minimum absolute atomic E-state index is 0.171. The number of hydrogen-bond donors (Lipinski definition) is 0. The minimum Gasteiger partial charge on any atom is -0.302 e. The summed E-state index contributed by atoms with van der Waals surface area (Å²) in [5, 5.41) is 0.662. The molecule has 0 bridgehead atoms. The van der Waals surface area contributed by atoms with E-state index in [4.69, 9.17) is 4.98 Å². The van der Waals surface area contributed by atoms with E-state index in [2.05, 4.69) is 18.7 Å². The highest BCUT2D eigenvalue weighted by Gasteiger charge is 2.27. The summed E-state index contributed by atoms with van der Waals surface area (Å²) in [6.45, 7) is 8.36. The zero-order valence-electron chi connectivity index (χ0n) is 21.9. The zero-order valence-corrected chi connectivity index (χ0v) is 24.3. The number of thiazole rings is 1. The topological polar surface area (TPSA) is 73.8 Å². The fraction of sp³-hybridized carbons (Fsp3) is 0.481. The molecule has 10 heteroatoms. The molecule has 1 fully saturated rings. The standard InChI is InChI=1S/C27H36N4O3S3/c1-4-29(5-2)19-20-31(27-28-25-23(35-3)11-10-12-24(25)36-27)26(32)21-13-15-22(16-14-21)37(33,34)30-17-8-6-7-9-18-30/h10-16H,4-9,17-20H2,1-3H3. The Balaban J connectivity index is 1.63. The lowest BCUT2D eigenvalue weighted by molar-refractivity contribution is 0.0983. The molecule has 4 rings (SSSR count). The molecule has 3 aromatic rings. The van der Waals surface area contributed by atoms with Crippen LogP contribution >= 0.6 is 23.1 Å². The van der Waals surface area contributed by atoms with Crippen LogP contribution in [0.3, 0.4) is 0 Å². The van der Waals surface area contributed by atoms with Crippen molar-refractivity contribution in [3.05, 3.63) is 48.0 Å². The largest absolute Gasteiger partial charge is 0.302 e. The van der Waals surface area contributed by atoms with Gasteiger partial charge in [-0.3, -0.25) is 9.69 Å². The number of carbonyl (C=O) groups is 1. The summed E-state index contributed by atoms with van der Waals surface area (Å²) in [6.07, 6.45) is 5.92. The molecule has 1 aliphatic heterocycles. The van der Waals surface area contributed by atoms with E-state index in [0.717, 1.165) is 60.4 Å². The molecule has 0 radical (unpaired) electrons. The maximum Gasteiger partial charge on any atom is 0.260 e. The highest BCUT2D eigenvalue weighted by atomic mass is 32.2. The third kappa shape index (κ3) is 6.37. The molecular weight excluding hydrogens is 525 g/mol. The van der Waals surface area contributed by atoms with Gasteiger partial charge in [-0.1, -0.05) is 44.1 Å². The second-order valence-electron chi connectivity index (χ2n) is 9.13. The van der Waals surface area contributed by atoms with E-state index in [1.165, 1.54) is 11.3 Å². The van der Waals surface area contributed by atoms with Crippen LogP contribution in [-0.2, 0) is 10.0 Å². The summed E-state index contributed by atoms with van der Waals surface area (Å²) >= 11 is 3.15. The van der Waals surface area contributed by atoms with Gasteiger partial charge in [0.1, 0.15) is 0 Å². The summed E-state index contributed by atoms with van der Waals surface area (Å²) in [4.78, 5) is 24.0. The number of thioether (sulfide) groups is 1. The Hall–Kier alpha value is -1.98. The van der Waals surface area contributed by atoms with Gasteiger partial charge in [0.2, 0.25) is 10.0 Å². The summed E-state index contributed by atoms with van der Waals surface area (Å²) in [5.74, 6) is -0.171. The van der Waals surface area contributed by atoms with Crippen LogP contribution < -0.4 is 4.90 Å². The van der Waals surface area contributed by atoms with E-state index in [1.807, 2.05) is 24.5 Å². The van der Waals surface area contributed by atoms with E-state index in [9.17, 15) is 13.2 Å². The van der Waals surface area contributed by atoms with Gasteiger partial charge in [0.15, 0.2) is 5.13 Å². The Kier molecular flexibility index (Phi) is 9.63. The lowest BCUT2D eigenvalue weighted by atomic mass is 10.2. The number of amides is 1. The summed E-state index contributed by atoms with van der Waals surface area (Å²) in [6, 6.07) is 12.5. The SMILES string of the molecule is CCN(CC)CCN(C(=O)c1ccc(S(=O)(=O)N2CCCCCC2)cc1)c1nc2c(SC)cccc2s1. The lowest BCUT2D eigenvalue weighted by Crippen LogP contribution is -2.39. The zero-order chi connectivity index (χ0) is 26.4. The lowest BCUT2D eigenvalue weighted by Gasteiger charge is -2.25. The van der Waals surface area contributed by atoms with E-state index >= 15 is 0 Å². The van der Waals surface area contributed by atoms with Crippen molar-refractivity contribution in [3.8, 4) is 0 Å². The predicted octanol–water partition coefficient (Wildman–Crippen LogP) is 5.57. The summed E-state index contributed by atoms with van der Waals surface area (Å²) in [7, 11) is -3.56. The Morgan fingerprint density at radius 1 is 1.00 bits per heavy atom. The quantitative estimate of drug-likeness (QED) is 0.302. The highest BCUT2D eigenvalue weighted by molar-refractivity contribution is 7.98. The number of fused-ring (bicyclic) bond motifs is 1. The highest BCUT2D eigenvalue weighted by Crippen LogP contribution is 2.34. The van der Waals surface area contributed by atoms with E-state index in [1.54, 1.807) is 45.2 Å². The number of sulfonamides is 1. The molecule has 1 amide bonds. The number of para-hydroxylation sites is 1. The van der Waals surface area contributed by atoms with Crippen molar-refractivity contribution >= 4 is 54.4 Å². The van der Waals surface area contributed by atoms with Crippen molar-refractivity contribution < 1.29 is 13.2 Å². The molecule has 0 saturated carbocycles. The second-order valence-corrected chi connectivity index (χ2v) is 12.9. The number of aromatic nitrogens is 1. The summed E-state index contributed by atoms with van der Waals surface area (Å²) < 4.78 is 29.0. The molecule has 7 nitrogen and oxygen atoms in total. The van der Waals surface area contributed by atoms with Crippen LogP contribution in [0, 0.1) is 0 Å². The maximum atomic E-state index is 13.8. The molecule has 0 N–H and O–H groups in total. The van der Waals surface area contributed by atoms with Crippen LogP contribution in [0.1, 0.15) is 49.9 Å². The van der Waals surface area contributed by atoms with E-state index in [0.29, 0.717) is 30.3 Å². The normalized spacial score (nSPS) is 15.2. The maximum absolute atomic E-state index is 13.8. The molecule has 2 heterocycles. The average Bonchev–Trinajstić information content (AvgIpc) is 3.15. The van der Waals surface area contributed by atoms with E-state index < -0.39 is 10.0 Å². The Labute approximate surface area is 228 Å². The molecule has 0 unspecified atom stereocenters. The van der Waals surface area contributed by atoms with Crippen molar-refractivity contribution in [1.82, 2.24) is 14.2 Å². The fourth-order valence-electron chi connectivity index (χ4n) is 4.61. The number of anilines is 1. The smallest absolute Gasteiger partial charge is 0.260 e. The minimum atomic E-state index is -3.56. The van der Waals surface area contributed by atoms with Crippen LogP contribution in [0.15, 0.2) is 52.3 Å². The molecule has 1 aromatic heterocycles. The van der Waals surface area contributed by atoms with E-state index in [-0.39, 0.29) is 10.8 Å². The van der Waals surface area contributed by atoms with Gasteiger partial charge in [0.25, 0.3) is 5.91 Å². The first-order valence-corrected chi connectivity index (χ1v) is 16.4. The predicted molar refractivity (Wildman–Crippen MR) is 155 cm³/mol. The average molecular weight is 561 g/mol. The molecule has 2 aromatic carbocycles. The van der Waals surface area contributed by atoms with Crippen LogP contribution in [0.2, 0.25) is 0 Å². The van der Waals surface area contributed by atoms with Crippen LogP contribution in [0.4, 0.5) is 5.13 Å².